The molecule has 1 amide bonds. The Hall–Kier alpha value is -2.27. The Morgan fingerprint density at radius 2 is 1.54 bits per heavy atom. The molecule has 0 aliphatic heterocycles. The molecule has 150 valence electrons. The van der Waals surface area contributed by atoms with Gasteiger partial charge in [0, 0.05) is 0 Å². The number of esters is 1. The molecule has 12 heteroatoms. The maximum Gasteiger partial charge on any atom is 0.321 e. The lowest BCUT2D eigenvalue weighted by atomic mass is 10.3. The number of para-hydroxylation sites is 1. The zero-order valence-electron chi connectivity index (χ0n) is 13.8. The smallest absolute Gasteiger partial charge is 0.321 e. The second-order valence-electron chi connectivity index (χ2n) is 5.18. The van der Waals surface area contributed by atoms with Gasteiger partial charge >= 0.3 is 5.97 Å². The summed E-state index contributed by atoms with van der Waals surface area (Å²) in [4.78, 5) is 22.9. The van der Waals surface area contributed by atoms with E-state index in [9.17, 15) is 26.8 Å². The number of hydrogen-bond acceptors (Lipinski definition) is 5. The van der Waals surface area contributed by atoms with E-state index in [1.807, 2.05) is 10.0 Å². The molecule has 0 radical (unpaired) electrons. The lowest BCUT2D eigenvalue weighted by Gasteiger charge is -2.10. The van der Waals surface area contributed by atoms with Gasteiger partial charge in [-0.1, -0.05) is 35.3 Å². The highest BCUT2D eigenvalue weighted by atomic mass is 35.5. The van der Waals surface area contributed by atoms with Crippen LogP contribution in [0.3, 0.4) is 0 Å². The number of amides is 1. The average Bonchev–Trinajstić information content (AvgIpc) is 2.61. The van der Waals surface area contributed by atoms with Gasteiger partial charge in [-0.3, -0.25) is 9.59 Å². The molecule has 0 fully saturated rings. The van der Waals surface area contributed by atoms with Crippen molar-refractivity contribution in [1.82, 2.24) is 4.72 Å². The monoisotopic (exact) mass is 452 g/mol. The summed E-state index contributed by atoms with van der Waals surface area (Å²) < 4.78 is 57.7. The Labute approximate surface area is 168 Å². The van der Waals surface area contributed by atoms with Gasteiger partial charge in [-0.25, -0.2) is 17.2 Å². The molecule has 7 nitrogen and oxygen atoms in total. The van der Waals surface area contributed by atoms with Crippen LogP contribution in [-0.4, -0.2) is 33.4 Å². The van der Waals surface area contributed by atoms with Crippen molar-refractivity contribution < 1.29 is 31.5 Å². The van der Waals surface area contributed by atoms with Crippen molar-refractivity contribution in [3.8, 4) is 0 Å². The third kappa shape index (κ3) is 5.61. The first kappa shape index (κ1) is 22.0. The van der Waals surface area contributed by atoms with Crippen molar-refractivity contribution in [1.29, 1.82) is 0 Å². The van der Waals surface area contributed by atoms with Gasteiger partial charge in [0.25, 0.3) is 5.91 Å². The van der Waals surface area contributed by atoms with Crippen LogP contribution in [-0.2, 0) is 24.3 Å². The third-order valence-corrected chi connectivity index (χ3v) is 5.54. The SMILES string of the molecule is O=C(COC(=O)CNS(=O)(=O)c1c(Cl)cccc1Cl)Nc1c(F)cccc1F. The van der Waals surface area contributed by atoms with E-state index < -0.39 is 57.3 Å². The fourth-order valence-electron chi connectivity index (χ4n) is 1.96. The molecular weight excluding hydrogens is 441 g/mol. The zero-order valence-corrected chi connectivity index (χ0v) is 16.2. The molecule has 0 unspecified atom stereocenters. The second kappa shape index (κ2) is 9.28. The summed E-state index contributed by atoms with van der Waals surface area (Å²) >= 11 is 11.6. The Bertz CT molecular complexity index is 978. The molecule has 0 saturated carbocycles. The Balaban J connectivity index is 1.90. The van der Waals surface area contributed by atoms with Crippen molar-refractivity contribution in [3.63, 3.8) is 0 Å². The van der Waals surface area contributed by atoms with Crippen LogP contribution in [0.4, 0.5) is 14.5 Å². The standard InChI is InChI=1S/C16H12Cl2F2N2O5S/c17-9-3-1-4-10(18)16(9)28(25,26)21-7-14(24)27-8-13(23)22-15-11(19)5-2-6-12(15)20/h1-6,21H,7-8H2,(H,22,23). The fraction of sp³-hybridized carbons (Fsp3) is 0.125. The minimum Gasteiger partial charge on any atom is -0.455 e. The van der Waals surface area contributed by atoms with Gasteiger partial charge in [-0.05, 0) is 24.3 Å². The molecule has 0 atom stereocenters. The molecule has 0 saturated heterocycles. The largest absolute Gasteiger partial charge is 0.455 e. The van der Waals surface area contributed by atoms with E-state index in [1.165, 1.54) is 18.2 Å². The first-order chi connectivity index (χ1) is 13.1. The predicted octanol–water partition coefficient (Wildman–Crippen LogP) is 2.73. The van der Waals surface area contributed by atoms with Gasteiger partial charge in [0.05, 0.1) is 10.0 Å². The molecule has 0 spiro atoms. The van der Waals surface area contributed by atoms with Gasteiger partial charge in [0.1, 0.15) is 28.8 Å². The number of ether oxygens (including phenoxy) is 1. The summed E-state index contributed by atoms with van der Waals surface area (Å²) in [6, 6.07) is 7.00. The maximum atomic E-state index is 13.4. The van der Waals surface area contributed by atoms with E-state index in [4.69, 9.17) is 23.2 Å². The summed E-state index contributed by atoms with van der Waals surface area (Å²) in [5.74, 6) is -4.15. The van der Waals surface area contributed by atoms with Crippen molar-refractivity contribution in [2.75, 3.05) is 18.5 Å². The molecule has 0 heterocycles. The van der Waals surface area contributed by atoms with Crippen molar-refractivity contribution >= 4 is 50.8 Å². The number of carbonyl (C=O) groups excluding carboxylic acids is 2. The van der Waals surface area contributed by atoms with E-state index in [-0.39, 0.29) is 10.0 Å². The van der Waals surface area contributed by atoms with E-state index in [0.29, 0.717) is 0 Å². The molecule has 2 aromatic carbocycles. The van der Waals surface area contributed by atoms with Crippen LogP contribution >= 0.6 is 23.2 Å². The summed E-state index contributed by atoms with van der Waals surface area (Å²) in [5, 5.41) is 1.60. The summed E-state index contributed by atoms with van der Waals surface area (Å²) in [6.45, 7) is -1.72. The first-order valence-electron chi connectivity index (χ1n) is 7.45. The highest BCUT2D eigenvalue weighted by Gasteiger charge is 2.23. The Morgan fingerprint density at radius 1 is 1.00 bits per heavy atom. The van der Waals surface area contributed by atoms with Gasteiger partial charge in [-0.2, -0.15) is 4.72 Å². The lowest BCUT2D eigenvalue weighted by Crippen LogP contribution is -2.32. The maximum absolute atomic E-state index is 13.4. The van der Waals surface area contributed by atoms with Gasteiger partial charge in [-0.15, -0.1) is 0 Å². The van der Waals surface area contributed by atoms with E-state index in [1.54, 1.807) is 0 Å². The minimum absolute atomic E-state index is 0.153. The predicted molar refractivity (Wildman–Crippen MR) is 97.6 cm³/mol. The van der Waals surface area contributed by atoms with Crippen LogP contribution in [0.2, 0.25) is 10.0 Å². The summed E-state index contributed by atoms with van der Waals surface area (Å²) in [5.41, 5.74) is -0.697. The van der Waals surface area contributed by atoms with E-state index >= 15 is 0 Å². The molecule has 28 heavy (non-hydrogen) atoms. The summed E-state index contributed by atoms with van der Waals surface area (Å²) in [7, 11) is -4.23. The molecule has 2 N–H and O–H groups in total. The Kier molecular flexibility index (Phi) is 7.30. The van der Waals surface area contributed by atoms with Crippen LogP contribution in [0.15, 0.2) is 41.3 Å². The van der Waals surface area contributed by atoms with E-state index in [0.717, 1.165) is 18.2 Å². The number of halogens is 4. The second-order valence-corrected chi connectivity index (χ2v) is 7.70. The molecule has 0 aromatic heterocycles. The van der Waals surface area contributed by atoms with Crippen LogP contribution < -0.4 is 10.0 Å². The van der Waals surface area contributed by atoms with E-state index in [2.05, 4.69) is 4.74 Å². The van der Waals surface area contributed by atoms with Crippen LogP contribution in [0.25, 0.3) is 0 Å². The van der Waals surface area contributed by atoms with Crippen molar-refractivity contribution in [2.24, 2.45) is 0 Å². The number of rotatable bonds is 7. The summed E-state index contributed by atoms with van der Waals surface area (Å²) in [6.07, 6.45) is 0. The molecule has 0 aliphatic carbocycles. The normalized spacial score (nSPS) is 11.1. The molecule has 0 bridgehead atoms. The average molecular weight is 453 g/mol. The molecule has 0 aliphatic rings. The minimum atomic E-state index is -4.23. The number of carbonyl (C=O) groups is 2. The topological polar surface area (TPSA) is 102 Å². The number of hydrogen-bond donors (Lipinski definition) is 2. The first-order valence-corrected chi connectivity index (χ1v) is 9.69. The molecule has 2 aromatic rings. The lowest BCUT2D eigenvalue weighted by molar-refractivity contribution is -0.146. The zero-order chi connectivity index (χ0) is 20.9. The van der Waals surface area contributed by atoms with Gasteiger partial charge in [0.2, 0.25) is 10.0 Å². The molecular formula is C16H12Cl2F2N2O5S. The van der Waals surface area contributed by atoms with Crippen molar-refractivity contribution in [2.45, 2.75) is 4.90 Å². The quantitative estimate of drug-likeness (QED) is 0.628. The number of anilines is 1. The van der Waals surface area contributed by atoms with Gasteiger partial charge in [0.15, 0.2) is 6.61 Å². The van der Waals surface area contributed by atoms with Crippen LogP contribution in [0, 0.1) is 11.6 Å². The Morgan fingerprint density at radius 3 is 2.11 bits per heavy atom. The third-order valence-electron chi connectivity index (χ3n) is 3.19. The molecule has 2 rings (SSSR count). The van der Waals surface area contributed by atoms with Crippen LogP contribution in [0.1, 0.15) is 0 Å². The van der Waals surface area contributed by atoms with Gasteiger partial charge < -0.3 is 10.1 Å². The van der Waals surface area contributed by atoms with Crippen LogP contribution in [0.5, 0.6) is 0 Å². The fourth-order valence-corrected chi connectivity index (χ4v) is 4.06. The number of benzene rings is 2. The van der Waals surface area contributed by atoms with Crippen molar-refractivity contribution in [3.05, 3.63) is 58.1 Å². The number of sulfonamides is 1. The highest BCUT2D eigenvalue weighted by molar-refractivity contribution is 7.89. The highest BCUT2D eigenvalue weighted by Crippen LogP contribution is 2.28. The number of nitrogens with one attached hydrogen (secondary N) is 2.